The van der Waals surface area contributed by atoms with E-state index < -0.39 is 0 Å². The predicted octanol–water partition coefficient (Wildman–Crippen LogP) is 1.80. The number of nitrogens with zero attached hydrogens (tertiary/aromatic N) is 3. The average Bonchev–Trinajstić information content (AvgIpc) is 2.28. The Morgan fingerprint density at radius 1 is 1.47 bits per heavy atom. The van der Waals surface area contributed by atoms with Crippen LogP contribution in [0.25, 0.3) is 0 Å². The molecule has 0 amide bonds. The quantitative estimate of drug-likeness (QED) is 0.811. The third-order valence-electron chi connectivity index (χ3n) is 3.15. The van der Waals surface area contributed by atoms with Gasteiger partial charge in [-0.15, -0.1) is 0 Å². The molecule has 1 unspecified atom stereocenters. The van der Waals surface area contributed by atoms with Crippen molar-refractivity contribution in [1.29, 1.82) is 0 Å². The first-order chi connectivity index (χ1) is 8.08. The maximum Gasteiger partial charge on any atom is 0.226 e. The fourth-order valence-corrected chi connectivity index (χ4v) is 2.31. The lowest BCUT2D eigenvalue weighted by atomic mass is 10.0. The molecule has 0 aliphatic carbocycles. The van der Waals surface area contributed by atoms with Gasteiger partial charge in [0.2, 0.25) is 5.95 Å². The maximum absolute atomic E-state index is 5.64. The van der Waals surface area contributed by atoms with Crippen LogP contribution in [0.1, 0.15) is 37.6 Å². The summed E-state index contributed by atoms with van der Waals surface area (Å²) in [5, 5.41) is 0. The molecule has 2 heterocycles. The summed E-state index contributed by atoms with van der Waals surface area (Å²) in [6.07, 6.45) is 3.68. The van der Waals surface area contributed by atoms with Gasteiger partial charge < -0.3 is 10.6 Å². The van der Waals surface area contributed by atoms with E-state index in [1.807, 2.05) is 13.0 Å². The molecule has 5 heteroatoms. The van der Waals surface area contributed by atoms with E-state index in [1.165, 1.54) is 19.3 Å². The highest BCUT2D eigenvalue weighted by atomic mass is 32.1. The highest BCUT2D eigenvalue weighted by molar-refractivity contribution is 7.80. The Hall–Kier alpha value is -1.23. The van der Waals surface area contributed by atoms with Crippen molar-refractivity contribution in [3.8, 4) is 0 Å². The molecular weight excluding hydrogens is 232 g/mol. The van der Waals surface area contributed by atoms with Crippen LogP contribution in [-0.4, -0.2) is 27.5 Å². The molecule has 92 valence electrons. The molecule has 0 bridgehead atoms. The predicted molar refractivity (Wildman–Crippen MR) is 73.3 cm³/mol. The van der Waals surface area contributed by atoms with Gasteiger partial charge >= 0.3 is 0 Å². The minimum Gasteiger partial charge on any atom is -0.388 e. The lowest BCUT2D eigenvalue weighted by Crippen LogP contribution is -2.39. The second kappa shape index (κ2) is 4.96. The molecule has 0 radical (unpaired) electrons. The fourth-order valence-electron chi connectivity index (χ4n) is 2.20. The molecule has 0 saturated carbocycles. The van der Waals surface area contributed by atoms with E-state index in [0.717, 1.165) is 18.2 Å². The normalized spacial score (nSPS) is 20.4. The molecule has 2 rings (SSSR count). The molecule has 1 aliphatic heterocycles. The fraction of sp³-hybridized carbons (Fsp3) is 0.583. The highest BCUT2D eigenvalue weighted by Crippen LogP contribution is 2.21. The highest BCUT2D eigenvalue weighted by Gasteiger charge is 2.21. The van der Waals surface area contributed by atoms with Crippen molar-refractivity contribution >= 4 is 23.2 Å². The second-order valence-electron chi connectivity index (χ2n) is 4.60. The second-order valence-corrected chi connectivity index (χ2v) is 5.04. The number of thiocarbonyl (C=S) groups is 1. The zero-order valence-electron chi connectivity index (χ0n) is 10.3. The minimum absolute atomic E-state index is 0.335. The van der Waals surface area contributed by atoms with Crippen LogP contribution in [0.4, 0.5) is 5.95 Å². The summed E-state index contributed by atoms with van der Waals surface area (Å²) in [4.78, 5) is 11.5. The number of aromatic nitrogens is 2. The van der Waals surface area contributed by atoms with Crippen molar-refractivity contribution in [3.05, 3.63) is 17.5 Å². The number of nitrogens with two attached hydrogens (primary N) is 1. The van der Waals surface area contributed by atoms with Crippen LogP contribution in [0.15, 0.2) is 6.07 Å². The first-order valence-electron chi connectivity index (χ1n) is 6.00. The third kappa shape index (κ3) is 2.72. The molecule has 2 N–H and O–H groups in total. The van der Waals surface area contributed by atoms with E-state index in [4.69, 9.17) is 18.0 Å². The van der Waals surface area contributed by atoms with Gasteiger partial charge in [-0.25, -0.2) is 9.97 Å². The molecule has 17 heavy (non-hydrogen) atoms. The molecule has 1 aliphatic rings. The van der Waals surface area contributed by atoms with Crippen LogP contribution in [0.5, 0.6) is 0 Å². The molecule has 0 spiro atoms. The van der Waals surface area contributed by atoms with E-state index in [2.05, 4.69) is 21.8 Å². The summed E-state index contributed by atoms with van der Waals surface area (Å²) in [6.45, 7) is 5.17. The Morgan fingerprint density at radius 2 is 2.24 bits per heavy atom. The Labute approximate surface area is 107 Å². The van der Waals surface area contributed by atoms with Crippen LogP contribution in [0.3, 0.4) is 0 Å². The number of hydrogen-bond acceptors (Lipinski definition) is 4. The Bertz CT molecular complexity index is 433. The standard InChI is InChI=1S/C12H18N4S/c1-8-7-10(11(13)17)15-12(14-8)16-6-4-3-5-9(16)2/h7,9H,3-6H2,1-2H3,(H2,13,17). The zero-order valence-corrected chi connectivity index (χ0v) is 11.1. The van der Waals surface area contributed by atoms with Crippen LogP contribution < -0.4 is 10.6 Å². The first kappa shape index (κ1) is 12.2. The van der Waals surface area contributed by atoms with Gasteiger partial charge in [0.05, 0.1) is 0 Å². The van der Waals surface area contributed by atoms with Crippen molar-refractivity contribution in [2.75, 3.05) is 11.4 Å². The van der Waals surface area contributed by atoms with E-state index in [1.54, 1.807) is 0 Å². The molecule has 1 saturated heterocycles. The van der Waals surface area contributed by atoms with E-state index in [-0.39, 0.29) is 0 Å². The Kier molecular flexibility index (Phi) is 3.57. The third-order valence-corrected chi connectivity index (χ3v) is 3.36. The van der Waals surface area contributed by atoms with Gasteiger partial charge in [0.25, 0.3) is 0 Å². The number of anilines is 1. The first-order valence-corrected chi connectivity index (χ1v) is 6.41. The number of rotatable bonds is 2. The smallest absolute Gasteiger partial charge is 0.226 e. The lowest BCUT2D eigenvalue weighted by Gasteiger charge is -2.33. The largest absolute Gasteiger partial charge is 0.388 e. The van der Waals surface area contributed by atoms with Gasteiger partial charge in [0.1, 0.15) is 10.7 Å². The summed E-state index contributed by atoms with van der Waals surface area (Å²) in [5.41, 5.74) is 7.22. The number of hydrogen-bond donors (Lipinski definition) is 1. The summed E-state index contributed by atoms with van der Waals surface area (Å²) < 4.78 is 0. The molecule has 1 fully saturated rings. The van der Waals surface area contributed by atoms with Crippen LogP contribution in [0.2, 0.25) is 0 Å². The summed E-state index contributed by atoms with van der Waals surface area (Å²) in [5.74, 6) is 0.764. The molecule has 4 nitrogen and oxygen atoms in total. The van der Waals surface area contributed by atoms with Gasteiger partial charge in [-0.2, -0.15) is 0 Å². The molecule has 0 aromatic carbocycles. The van der Waals surface area contributed by atoms with E-state index in [9.17, 15) is 0 Å². The van der Waals surface area contributed by atoms with Gasteiger partial charge in [-0.3, -0.25) is 0 Å². The topological polar surface area (TPSA) is 55.0 Å². The lowest BCUT2D eigenvalue weighted by molar-refractivity contribution is 0.476. The van der Waals surface area contributed by atoms with Gasteiger partial charge in [-0.1, -0.05) is 12.2 Å². The average molecular weight is 250 g/mol. The van der Waals surface area contributed by atoms with E-state index in [0.29, 0.717) is 16.7 Å². The summed E-state index contributed by atoms with van der Waals surface area (Å²) >= 11 is 4.98. The van der Waals surface area contributed by atoms with Gasteiger partial charge in [0.15, 0.2) is 0 Å². The molecule has 1 atom stereocenters. The minimum atomic E-state index is 0.335. The van der Waals surface area contributed by atoms with Gasteiger partial charge in [0, 0.05) is 18.3 Å². The van der Waals surface area contributed by atoms with Gasteiger partial charge in [-0.05, 0) is 39.2 Å². The number of aryl methyl sites for hydroxylation is 1. The monoisotopic (exact) mass is 250 g/mol. The maximum atomic E-state index is 5.64. The Morgan fingerprint density at radius 3 is 2.88 bits per heavy atom. The molecule has 1 aromatic heterocycles. The van der Waals surface area contributed by atoms with Crippen LogP contribution in [-0.2, 0) is 0 Å². The van der Waals surface area contributed by atoms with Crippen molar-refractivity contribution in [2.24, 2.45) is 5.73 Å². The van der Waals surface area contributed by atoms with Crippen molar-refractivity contribution in [3.63, 3.8) is 0 Å². The van der Waals surface area contributed by atoms with Crippen molar-refractivity contribution in [1.82, 2.24) is 9.97 Å². The zero-order chi connectivity index (χ0) is 12.4. The van der Waals surface area contributed by atoms with Crippen molar-refractivity contribution < 1.29 is 0 Å². The van der Waals surface area contributed by atoms with Crippen LogP contribution in [0, 0.1) is 6.92 Å². The van der Waals surface area contributed by atoms with E-state index >= 15 is 0 Å². The molecule has 1 aromatic rings. The Balaban J connectivity index is 2.33. The van der Waals surface area contributed by atoms with Crippen LogP contribution >= 0.6 is 12.2 Å². The summed E-state index contributed by atoms with van der Waals surface area (Å²) in [7, 11) is 0. The molecular formula is C12H18N4S. The SMILES string of the molecule is Cc1cc(C(N)=S)nc(N2CCCCC2C)n1. The van der Waals surface area contributed by atoms with Crippen molar-refractivity contribution in [2.45, 2.75) is 39.2 Å². The number of piperidine rings is 1. The summed E-state index contributed by atoms with van der Waals surface area (Å²) in [6, 6.07) is 2.32.